The molecule has 0 unspecified atom stereocenters. The largest absolute Gasteiger partial charge is 0.493 e. The minimum absolute atomic E-state index is 0.739. The maximum atomic E-state index is 5.38. The number of rotatable bonds is 4. The van der Waals surface area contributed by atoms with Crippen LogP contribution in [0.1, 0.15) is 11.3 Å². The number of aromatic nitrogens is 2. The second-order valence-corrected chi connectivity index (χ2v) is 5.20. The number of benzene rings is 2. The first kappa shape index (κ1) is 14.3. The Morgan fingerprint density at radius 3 is 2.55 bits per heavy atom. The Bertz CT molecular complexity index is 815. The van der Waals surface area contributed by atoms with Gasteiger partial charge in [-0.25, -0.2) is 0 Å². The second-order valence-electron chi connectivity index (χ2n) is 5.20. The van der Waals surface area contributed by atoms with Gasteiger partial charge in [0.15, 0.2) is 18.5 Å². The van der Waals surface area contributed by atoms with Gasteiger partial charge in [0.1, 0.15) is 5.69 Å². The zero-order chi connectivity index (χ0) is 15.5. The summed E-state index contributed by atoms with van der Waals surface area (Å²) in [5.41, 5.74) is 2.19. The monoisotopic (exact) mass is 295 g/mol. The lowest BCUT2D eigenvalue weighted by molar-refractivity contribution is -0.730. The third-order valence-electron chi connectivity index (χ3n) is 3.70. The van der Waals surface area contributed by atoms with Crippen LogP contribution in [0.25, 0.3) is 10.8 Å². The van der Waals surface area contributed by atoms with Crippen LogP contribution in [-0.4, -0.2) is 19.3 Å². The lowest BCUT2D eigenvalue weighted by atomic mass is 10.0. The van der Waals surface area contributed by atoms with Crippen molar-refractivity contribution in [3.8, 4) is 11.5 Å². The molecular formula is C18H19N2O2+. The van der Waals surface area contributed by atoms with Gasteiger partial charge in [-0.3, -0.25) is 0 Å². The fourth-order valence-electron chi connectivity index (χ4n) is 2.66. The summed E-state index contributed by atoms with van der Waals surface area (Å²) in [6.45, 7) is 0. The second kappa shape index (κ2) is 6.02. The van der Waals surface area contributed by atoms with Gasteiger partial charge in [0.05, 0.1) is 14.2 Å². The maximum Gasteiger partial charge on any atom is 0.203 e. The summed E-state index contributed by atoms with van der Waals surface area (Å²) in [5, 5.41) is 7.01. The van der Waals surface area contributed by atoms with E-state index in [2.05, 4.69) is 17.2 Å². The molecule has 112 valence electrons. The molecule has 4 nitrogen and oxygen atoms in total. The topological polar surface area (TPSA) is 35.2 Å². The molecule has 0 spiro atoms. The highest BCUT2D eigenvalue weighted by Gasteiger charge is 2.12. The maximum absolute atomic E-state index is 5.38. The van der Waals surface area contributed by atoms with Crippen LogP contribution in [0.5, 0.6) is 11.5 Å². The van der Waals surface area contributed by atoms with Crippen molar-refractivity contribution >= 4 is 10.8 Å². The van der Waals surface area contributed by atoms with Crippen LogP contribution >= 0.6 is 0 Å². The zero-order valence-corrected chi connectivity index (χ0v) is 13.0. The molecule has 3 rings (SSSR count). The first-order valence-electron chi connectivity index (χ1n) is 7.16. The molecule has 0 fully saturated rings. The molecule has 0 aliphatic rings. The Balaban J connectivity index is 2.03. The summed E-state index contributed by atoms with van der Waals surface area (Å²) in [4.78, 5) is 0. The van der Waals surface area contributed by atoms with Crippen LogP contribution in [0.3, 0.4) is 0 Å². The first-order valence-corrected chi connectivity index (χ1v) is 7.16. The van der Waals surface area contributed by atoms with E-state index in [1.807, 2.05) is 48.3 Å². The number of hydrogen-bond acceptors (Lipinski definition) is 3. The fraction of sp³-hybridized carbons (Fsp3) is 0.222. The standard InChI is InChI=1S/C18H19N2O2/c1-20-12-14-6-4-5-7-15(14)16(19-20)10-13-8-9-17(21-2)18(11-13)22-3/h4-9,11-12H,10H2,1-3H3/q+1. The Hall–Kier alpha value is -2.62. The molecule has 0 amide bonds. The summed E-state index contributed by atoms with van der Waals surface area (Å²) < 4.78 is 12.5. The molecule has 1 heterocycles. The van der Waals surface area contributed by atoms with E-state index in [0.29, 0.717) is 0 Å². The van der Waals surface area contributed by atoms with Gasteiger partial charge < -0.3 is 9.47 Å². The van der Waals surface area contributed by atoms with E-state index in [1.165, 1.54) is 10.8 Å². The van der Waals surface area contributed by atoms with Gasteiger partial charge in [-0.1, -0.05) is 28.9 Å². The third-order valence-corrected chi connectivity index (χ3v) is 3.70. The molecule has 0 saturated carbocycles. The van der Waals surface area contributed by atoms with Crippen molar-refractivity contribution in [3.63, 3.8) is 0 Å². The Labute approximate surface area is 129 Å². The van der Waals surface area contributed by atoms with E-state index in [-0.39, 0.29) is 0 Å². The molecule has 1 aromatic heterocycles. The van der Waals surface area contributed by atoms with Crippen LogP contribution in [0.15, 0.2) is 48.7 Å². The molecule has 3 aromatic rings. The van der Waals surface area contributed by atoms with Gasteiger partial charge in [0, 0.05) is 17.2 Å². The van der Waals surface area contributed by atoms with E-state index >= 15 is 0 Å². The molecule has 22 heavy (non-hydrogen) atoms. The van der Waals surface area contributed by atoms with Gasteiger partial charge >= 0.3 is 0 Å². The van der Waals surface area contributed by atoms with Crippen molar-refractivity contribution in [2.75, 3.05) is 14.2 Å². The van der Waals surface area contributed by atoms with Gasteiger partial charge in [0.2, 0.25) is 6.20 Å². The normalized spacial score (nSPS) is 10.7. The summed E-state index contributed by atoms with van der Waals surface area (Å²) in [5.74, 6) is 1.48. The molecule has 4 heteroatoms. The van der Waals surface area contributed by atoms with Gasteiger partial charge in [-0.2, -0.15) is 0 Å². The third kappa shape index (κ3) is 2.72. The van der Waals surface area contributed by atoms with Gasteiger partial charge in [-0.15, -0.1) is 0 Å². The van der Waals surface area contributed by atoms with Crippen LogP contribution in [0.2, 0.25) is 0 Å². The number of hydrogen-bond donors (Lipinski definition) is 0. The minimum Gasteiger partial charge on any atom is -0.493 e. The molecule has 0 radical (unpaired) electrons. The Kier molecular flexibility index (Phi) is 3.92. The van der Waals surface area contributed by atoms with E-state index in [4.69, 9.17) is 9.47 Å². The molecule has 0 atom stereocenters. The molecule has 0 bridgehead atoms. The average molecular weight is 295 g/mol. The summed E-state index contributed by atoms with van der Waals surface area (Å²) in [7, 11) is 5.24. The van der Waals surface area contributed by atoms with E-state index in [9.17, 15) is 0 Å². The smallest absolute Gasteiger partial charge is 0.203 e. The number of ether oxygens (including phenoxy) is 2. The van der Waals surface area contributed by atoms with E-state index in [1.54, 1.807) is 14.2 Å². The van der Waals surface area contributed by atoms with Crippen molar-refractivity contribution in [3.05, 3.63) is 59.9 Å². The minimum atomic E-state index is 0.739. The zero-order valence-electron chi connectivity index (χ0n) is 13.0. The van der Waals surface area contributed by atoms with Gasteiger partial charge in [0.25, 0.3) is 0 Å². The molecule has 0 aliphatic heterocycles. The van der Waals surface area contributed by atoms with Gasteiger partial charge in [-0.05, 0) is 28.9 Å². The highest BCUT2D eigenvalue weighted by atomic mass is 16.5. The van der Waals surface area contributed by atoms with Crippen LogP contribution in [0.4, 0.5) is 0 Å². The van der Waals surface area contributed by atoms with E-state index < -0.39 is 0 Å². The SMILES string of the molecule is COc1ccc(Cc2n[n+](C)cc3ccccc23)cc1OC. The Morgan fingerprint density at radius 1 is 1.00 bits per heavy atom. The number of aryl methyl sites for hydroxylation is 1. The summed E-state index contributed by atoms with van der Waals surface area (Å²) in [6, 6.07) is 14.3. The van der Waals surface area contributed by atoms with Crippen molar-refractivity contribution < 1.29 is 14.2 Å². The lowest BCUT2D eigenvalue weighted by Crippen LogP contribution is -2.33. The Morgan fingerprint density at radius 2 is 1.77 bits per heavy atom. The molecular weight excluding hydrogens is 276 g/mol. The number of nitrogens with zero attached hydrogens (tertiary/aromatic N) is 2. The van der Waals surface area contributed by atoms with Crippen LogP contribution in [-0.2, 0) is 13.5 Å². The van der Waals surface area contributed by atoms with Crippen molar-refractivity contribution in [2.24, 2.45) is 7.05 Å². The van der Waals surface area contributed by atoms with Crippen LogP contribution < -0.4 is 14.2 Å². The highest BCUT2D eigenvalue weighted by Crippen LogP contribution is 2.29. The lowest BCUT2D eigenvalue weighted by Gasteiger charge is -2.09. The molecule has 0 N–H and O–H groups in total. The quantitative estimate of drug-likeness (QED) is 0.694. The molecule has 2 aromatic carbocycles. The summed E-state index contributed by atoms with van der Waals surface area (Å²) in [6.07, 6.45) is 2.78. The first-order chi connectivity index (χ1) is 10.7. The number of fused-ring (bicyclic) bond motifs is 1. The predicted octanol–water partition coefficient (Wildman–Crippen LogP) is 2.67. The highest BCUT2D eigenvalue weighted by molar-refractivity contribution is 5.83. The fourth-order valence-corrected chi connectivity index (χ4v) is 2.66. The molecule has 0 saturated heterocycles. The van der Waals surface area contributed by atoms with Crippen molar-refractivity contribution in [2.45, 2.75) is 6.42 Å². The van der Waals surface area contributed by atoms with Crippen molar-refractivity contribution in [1.29, 1.82) is 0 Å². The van der Waals surface area contributed by atoms with E-state index in [0.717, 1.165) is 29.2 Å². The van der Waals surface area contributed by atoms with Crippen LogP contribution in [0, 0.1) is 0 Å². The summed E-state index contributed by atoms with van der Waals surface area (Å²) >= 11 is 0. The predicted molar refractivity (Wildman–Crippen MR) is 85.3 cm³/mol. The number of methoxy groups -OCH3 is 2. The molecule has 0 aliphatic carbocycles. The van der Waals surface area contributed by atoms with Crippen molar-refractivity contribution in [1.82, 2.24) is 5.10 Å². The average Bonchev–Trinajstić information content (AvgIpc) is 2.54.